The molecule has 2 aromatic carbocycles. The summed E-state index contributed by atoms with van der Waals surface area (Å²) in [6.07, 6.45) is 1.58. The van der Waals surface area contributed by atoms with Gasteiger partial charge in [-0.15, -0.1) is 0 Å². The second-order valence-corrected chi connectivity index (χ2v) is 10.1. The Balaban J connectivity index is 1.20. The highest BCUT2D eigenvalue weighted by atomic mass is 19.4. The summed E-state index contributed by atoms with van der Waals surface area (Å²) < 4.78 is 52.2. The number of halogens is 4. The van der Waals surface area contributed by atoms with Gasteiger partial charge in [-0.05, 0) is 86.3 Å². The van der Waals surface area contributed by atoms with Crippen LogP contribution in [-0.4, -0.2) is 10.7 Å². The van der Waals surface area contributed by atoms with Crippen LogP contribution in [0.15, 0.2) is 60.9 Å². The zero-order valence-corrected chi connectivity index (χ0v) is 18.6. The highest BCUT2D eigenvalue weighted by Gasteiger charge is 2.42. The maximum atomic E-state index is 13.8. The third-order valence-corrected chi connectivity index (χ3v) is 7.35. The van der Waals surface area contributed by atoms with Crippen molar-refractivity contribution in [1.82, 2.24) is 4.98 Å². The first-order chi connectivity index (χ1) is 15.6. The minimum Gasteiger partial charge on any atom is -0.359 e. The highest BCUT2D eigenvalue weighted by Crippen LogP contribution is 2.45. The average molecular weight is 457 g/mol. The molecular weight excluding hydrogens is 428 g/mol. The summed E-state index contributed by atoms with van der Waals surface area (Å²) in [4.78, 5) is 3.28. The van der Waals surface area contributed by atoms with Gasteiger partial charge in [-0.2, -0.15) is 13.2 Å². The molecule has 2 nitrogen and oxygen atoms in total. The van der Waals surface area contributed by atoms with Crippen molar-refractivity contribution in [2.75, 3.05) is 5.32 Å². The molecule has 0 spiro atoms. The van der Waals surface area contributed by atoms with Gasteiger partial charge in [-0.3, -0.25) is 0 Å². The fraction of sp³-hybridized carbons (Fsp3) is 0.407. The van der Waals surface area contributed by atoms with Crippen LogP contribution in [0.1, 0.15) is 55.2 Å². The average Bonchev–Trinajstić information content (AvgIpc) is 3.10. The van der Waals surface area contributed by atoms with E-state index in [0.717, 1.165) is 47.1 Å². The smallest absolute Gasteiger partial charge is 0.359 e. The SMILES string of the molecule is C=C(Nc1c[nH]c2ccc(CC3CC(c4ccc(C(F)(F)F)cc4)C3)cc12)C1CC(C)(F)C1. The van der Waals surface area contributed by atoms with Gasteiger partial charge in [0.25, 0.3) is 0 Å². The molecule has 6 heteroatoms. The summed E-state index contributed by atoms with van der Waals surface area (Å²) in [5, 5.41) is 4.48. The van der Waals surface area contributed by atoms with E-state index in [0.29, 0.717) is 24.7 Å². The van der Waals surface area contributed by atoms with Crippen molar-refractivity contribution < 1.29 is 17.6 Å². The molecule has 0 atom stereocenters. The number of fused-ring (bicyclic) bond motifs is 1. The summed E-state index contributed by atoms with van der Waals surface area (Å²) in [5.41, 5.74) is 3.41. The lowest BCUT2D eigenvalue weighted by Crippen LogP contribution is -2.38. The van der Waals surface area contributed by atoms with E-state index in [2.05, 4.69) is 35.1 Å². The van der Waals surface area contributed by atoms with Crippen molar-refractivity contribution in [2.24, 2.45) is 11.8 Å². The first-order valence-electron chi connectivity index (χ1n) is 11.5. The van der Waals surface area contributed by atoms with Crippen LogP contribution < -0.4 is 5.32 Å². The summed E-state index contributed by atoms with van der Waals surface area (Å²) in [6.45, 7) is 5.76. The van der Waals surface area contributed by atoms with Crippen molar-refractivity contribution >= 4 is 16.6 Å². The Hall–Kier alpha value is -2.76. The Morgan fingerprint density at radius 2 is 1.82 bits per heavy atom. The van der Waals surface area contributed by atoms with E-state index in [1.165, 1.54) is 17.7 Å². The number of anilines is 1. The standard InChI is InChI=1S/C27H28F4N2/c1-16(21-13-26(2,28)14-21)33-25-15-32-24-8-3-17(12-23(24)25)9-18-10-20(11-18)19-4-6-22(7-5-19)27(29,30)31/h3-8,12,15,18,20-21,32-33H,1,9-11,13-14H2,2H3. The van der Waals surface area contributed by atoms with Gasteiger partial charge in [-0.1, -0.05) is 24.8 Å². The first kappa shape index (κ1) is 22.1. The summed E-state index contributed by atoms with van der Waals surface area (Å²) in [7, 11) is 0. The maximum Gasteiger partial charge on any atom is 0.416 e. The lowest BCUT2D eigenvalue weighted by molar-refractivity contribution is -0.137. The van der Waals surface area contributed by atoms with Gasteiger partial charge in [0.05, 0.1) is 11.3 Å². The molecule has 0 radical (unpaired) electrons. The van der Waals surface area contributed by atoms with Gasteiger partial charge in [0, 0.05) is 28.7 Å². The normalized spacial score (nSPS) is 27.1. The van der Waals surface area contributed by atoms with Crippen LogP contribution in [0.4, 0.5) is 23.2 Å². The molecule has 2 fully saturated rings. The first-order valence-corrected chi connectivity index (χ1v) is 11.5. The molecule has 5 rings (SSSR count). The second-order valence-electron chi connectivity index (χ2n) is 10.1. The van der Waals surface area contributed by atoms with E-state index in [1.54, 1.807) is 19.1 Å². The molecule has 0 amide bonds. The lowest BCUT2D eigenvalue weighted by Gasteiger charge is -2.39. The maximum absolute atomic E-state index is 13.8. The number of H-pyrrole nitrogens is 1. The molecule has 0 unspecified atom stereocenters. The molecule has 1 heterocycles. The fourth-order valence-electron chi connectivity index (χ4n) is 5.34. The van der Waals surface area contributed by atoms with Crippen molar-refractivity contribution in [3.8, 4) is 0 Å². The molecule has 33 heavy (non-hydrogen) atoms. The van der Waals surface area contributed by atoms with Gasteiger partial charge in [0.15, 0.2) is 0 Å². The number of hydrogen-bond donors (Lipinski definition) is 2. The highest BCUT2D eigenvalue weighted by molar-refractivity contribution is 5.93. The van der Waals surface area contributed by atoms with Crippen LogP contribution in [0.3, 0.4) is 0 Å². The van der Waals surface area contributed by atoms with Gasteiger partial charge < -0.3 is 10.3 Å². The van der Waals surface area contributed by atoms with Gasteiger partial charge in [0.1, 0.15) is 5.67 Å². The van der Waals surface area contributed by atoms with E-state index in [9.17, 15) is 17.6 Å². The summed E-state index contributed by atoms with van der Waals surface area (Å²) >= 11 is 0. The van der Waals surface area contributed by atoms with Crippen LogP contribution in [0.5, 0.6) is 0 Å². The Morgan fingerprint density at radius 1 is 1.12 bits per heavy atom. The van der Waals surface area contributed by atoms with Crippen LogP contribution in [0.2, 0.25) is 0 Å². The van der Waals surface area contributed by atoms with Crippen molar-refractivity contribution in [3.05, 3.63) is 77.6 Å². The van der Waals surface area contributed by atoms with Crippen molar-refractivity contribution in [1.29, 1.82) is 0 Å². The number of hydrogen-bond acceptors (Lipinski definition) is 1. The molecule has 174 valence electrons. The van der Waals surface area contributed by atoms with Crippen LogP contribution in [-0.2, 0) is 12.6 Å². The number of nitrogens with one attached hydrogen (secondary N) is 2. The van der Waals surface area contributed by atoms with Crippen LogP contribution >= 0.6 is 0 Å². The lowest BCUT2D eigenvalue weighted by atomic mass is 9.69. The van der Waals surface area contributed by atoms with Crippen molar-refractivity contribution in [2.45, 2.75) is 56.8 Å². The Morgan fingerprint density at radius 3 is 2.45 bits per heavy atom. The molecule has 2 aliphatic rings. The zero-order chi connectivity index (χ0) is 23.4. The topological polar surface area (TPSA) is 27.8 Å². The molecule has 2 aliphatic carbocycles. The number of aromatic amines is 1. The molecule has 0 saturated heterocycles. The van der Waals surface area contributed by atoms with Crippen molar-refractivity contribution in [3.63, 3.8) is 0 Å². The number of allylic oxidation sites excluding steroid dienone is 1. The van der Waals surface area contributed by atoms with E-state index in [1.807, 2.05) is 6.20 Å². The minimum atomic E-state index is -4.29. The minimum absolute atomic E-state index is 0.158. The van der Waals surface area contributed by atoms with E-state index in [-0.39, 0.29) is 5.92 Å². The molecule has 1 aromatic heterocycles. The number of rotatable bonds is 6. The summed E-state index contributed by atoms with van der Waals surface area (Å²) in [5.74, 6) is 1.01. The Kier molecular flexibility index (Phi) is 5.30. The predicted octanol–water partition coefficient (Wildman–Crippen LogP) is 7.99. The monoisotopic (exact) mass is 456 g/mol. The quantitative estimate of drug-likeness (QED) is 0.362. The Labute approximate surface area is 191 Å². The third-order valence-electron chi connectivity index (χ3n) is 7.35. The van der Waals surface area contributed by atoms with Gasteiger partial charge >= 0.3 is 6.18 Å². The predicted molar refractivity (Wildman–Crippen MR) is 124 cm³/mol. The molecule has 0 bridgehead atoms. The largest absolute Gasteiger partial charge is 0.416 e. The van der Waals surface area contributed by atoms with Gasteiger partial charge in [-0.25, -0.2) is 4.39 Å². The third kappa shape index (κ3) is 4.53. The van der Waals surface area contributed by atoms with E-state index >= 15 is 0 Å². The van der Waals surface area contributed by atoms with Crippen LogP contribution in [0.25, 0.3) is 10.9 Å². The number of benzene rings is 2. The number of aromatic nitrogens is 1. The molecule has 2 saturated carbocycles. The Bertz CT molecular complexity index is 1160. The molecule has 2 N–H and O–H groups in total. The molecule has 3 aromatic rings. The van der Waals surface area contributed by atoms with E-state index in [4.69, 9.17) is 0 Å². The van der Waals surface area contributed by atoms with Crippen LogP contribution in [0, 0.1) is 11.8 Å². The summed E-state index contributed by atoms with van der Waals surface area (Å²) in [6, 6.07) is 12.0. The second kappa shape index (κ2) is 7.93. The van der Waals surface area contributed by atoms with E-state index < -0.39 is 17.4 Å². The molecule has 0 aliphatic heterocycles. The fourth-order valence-corrected chi connectivity index (χ4v) is 5.34. The molecular formula is C27H28F4N2. The van der Waals surface area contributed by atoms with Gasteiger partial charge in [0.2, 0.25) is 0 Å². The number of alkyl halides is 4. The zero-order valence-electron chi connectivity index (χ0n) is 18.6.